The van der Waals surface area contributed by atoms with E-state index in [-0.39, 0.29) is 23.0 Å². The molecule has 1 aromatic carbocycles. The first-order valence-corrected chi connectivity index (χ1v) is 7.86. The van der Waals surface area contributed by atoms with Gasteiger partial charge < -0.3 is 5.32 Å². The molecule has 1 N–H and O–H groups in total. The predicted molar refractivity (Wildman–Crippen MR) is 93.3 cm³/mol. The molecule has 0 atom stereocenters. The maximum Gasteiger partial charge on any atom is 0.281 e. The predicted octanol–water partition coefficient (Wildman–Crippen LogP) is 1.37. The van der Waals surface area contributed by atoms with Crippen molar-refractivity contribution in [3.63, 3.8) is 0 Å². The summed E-state index contributed by atoms with van der Waals surface area (Å²) in [5.74, 6) is -0.732. The number of rotatable bonds is 3. The molecular weight excluding hydrogens is 353 g/mol. The molecular formula is C17H12FN7O2. The number of anilines is 1. The van der Waals surface area contributed by atoms with Gasteiger partial charge >= 0.3 is 0 Å². The van der Waals surface area contributed by atoms with E-state index in [0.717, 1.165) is 0 Å². The third kappa shape index (κ3) is 2.92. The number of aromatic nitrogens is 6. The number of nitrogens with zero attached hydrogens (tertiary/aromatic N) is 6. The molecule has 0 fully saturated rings. The molecule has 0 saturated heterocycles. The summed E-state index contributed by atoms with van der Waals surface area (Å²) >= 11 is 0. The molecule has 0 aliphatic heterocycles. The number of halogens is 1. The molecule has 0 bridgehead atoms. The molecule has 0 spiro atoms. The fraction of sp³-hybridized carbons (Fsp3) is 0.0588. The van der Waals surface area contributed by atoms with Crippen molar-refractivity contribution in [2.45, 2.75) is 6.92 Å². The Morgan fingerprint density at radius 1 is 1.19 bits per heavy atom. The van der Waals surface area contributed by atoms with Crippen LogP contribution in [0.5, 0.6) is 0 Å². The second-order valence-corrected chi connectivity index (χ2v) is 5.62. The molecule has 4 rings (SSSR count). The normalized spacial score (nSPS) is 10.9. The van der Waals surface area contributed by atoms with E-state index >= 15 is 0 Å². The van der Waals surface area contributed by atoms with Crippen LogP contribution in [-0.2, 0) is 0 Å². The zero-order chi connectivity index (χ0) is 19.0. The van der Waals surface area contributed by atoms with E-state index in [4.69, 9.17) is 0 Å². The van der Waals surface area contributed by atoms with Crippen LogP contribution in [0.25, 0.3) is 11.5 Å². The fourth-order valence-electron chi connectivity index (χ4n) is 2.58. The lowest BCUT2D eigenvalue weighted by atomic mass is 10.2. The molecule has 9 nitrogen and oxygen atoms in total. The Labute approximate surface area is 151 Å². The minimum absolute atomic E-state index is 0.131. The van der Waals surface area contributed by atoms with E-state index < -0.39 is 17.2 Å². The molecule has 0 saturated carbocycles. The number of hydrogen-bond acceptors (Lipinski definition) is 6. The Morgan fingerprint density at radius 3 is 2.81 bits per heavy atom. The Morgan fingerprint density at radius 2 is 2.00 bits per heavy atom. The topological polar surface area (TPSA) is 107 Å². The number of hydrogen-bond donors (Lipinski definition) is 1. The van der Waals surface area contributed by atoms with Crippen molar-refractivity contribution in [2.24, 2.45) is 0 Å². The molecule has 0 aliphatic carbocycles. The maximum absolute atomic E-state index is 14.1. The molecule has 27 heavy (non-hydrogen) atoms. The minimum Gasteiger partial charge on any atom is -0.305 e. The zero-order valence-electron chi connectivity index (χ0n) is 14.0. The standard InChI is InChI=1S/C17H12FN7O2/c1-10-8-13(26)15(23-24(10)12-5-3-2-4-11(12)18)16(27)22-14-6-7-19-17-20-9-21-25(14)17/h2-9H,1H3,(H,22,27). The average molecular weight is 365 g/mol. The summed E-state index contributed by atoms with van der Waals surface area (Å²) in [6.45, 7) is 1.60. The quantitative estimate of drug-likeness (QED) is 0.588. The van der Waals surface area contributed by atoms with Crippen molar-refractivity contribution >= 4 is 17.5 Å². The van der Waals surface area contributed by atoms with Gasteiger partial charge in [-0.15, -0.1) is 0 Å². The van der Waals surface area contributed by atoms with Gasteiger partial charge in [0.25, 0.3) is 11.7 Å². The van der Waals surface area contributed by atoms with Crippen molar-refractivity contribution in [3.05, 3.63) is 76.4 Å². The molecule has 3 heterocycles. The van der Waals surface area contributed by atoms with E-state index in [0.29, 0.717) is 5.69 Å². The number of para-hydroxylation sites is 1. The molecule has 3 aromatic heterocycles. The van der Waals surface area contributed by atoms with Crippen LogP contribution in [0.1, 0.15) is 16.2 Å². The van der Waals surface area contributed by atoms with Gasteiger partial charge in [-0.2, -0.15) is 19.7 Å². The molecule has 134 valence electrons. The Hall–Kier alpha value is -3.95. The molecule has 4 aromatic rings. The first-order chi connectivity index (χ1) is 13.0. The van der Waals surface area contributed by atoms with Crippen LogP contribution in [0.15, 0.2) is 53.7 Å². The van der Waals surface area contributed by atoms with Crippen LogP contribution < -0.4 is 10.7 Å². The second kappa shape index (κ2) is 6.41. The van der Waals surface area contributed by atoms with Crippen molar-refractivity contribution in [3.8, 4) is 5.69 Å². The summed E-state index contributed by atoms with van der Waals surface area (Å²) in [7, 11) is 0. The summed E-state index contributed by atoms with van der Waals surface area (Å²) < 4.78 is 16.6. The molecule has 0 aliphatic rings. The maximum atomic E-state index is 14.1. The molecule has 0 radical (unpaired) electrons. The van der Waals surface area contributed by atoms with Crippen LogP contribution in [0.4, 0.5) is 10.2 Å². The molecule has 10 heteroatoms. The van der Waals surface area contributed by atoms with Crippen LogP contribution >= 0.6 is 0 Å². The Bertz CT molecular complexity index is 1230. The summed E-state index contributed by atoms with van der Waals surface area (Å²) in [6, 6.07) is 8.68. The van der Waals surface area contributed by atoms with Gasteiger partial charge in [0.15, 0.2) is 5.69 Å². The first kappa shape index (κ1) is 16.5. The lowest BCUT2D eigenvalue weighted by Gasteiger charge is -2.12. The highest BCUT2D eigenvalue weighted by molar-refractivity contribution is 6.02. The number of amides is 1. The van der Waals surface area contributed by atoms with Gasteiger partial charge in [0.1, 0.15) is 23.6 Å². The van der Waals surface area contributed by atoms with E-state index in [2.05, 4.69) is 25.5 Å². The zero-order valence-corrected chi connectivity index (χ0v) is 14.0. The van der Waals surface area contributed by atoms with Crippen molar-refractivity contribution in [2.75, 3.05) is 5.32 Å². The van der Waals surface area contributed by atoms with Crippen LogP contribution in [-0.4, -0.2) is 35.3 Å². The monoisotopic (exact) mass is 365 g/mol. The van der Waals surface area contributed by atoms with Gasteiger partial charge in [0, 0.05) is 18.0 Å². The van der Waals surface area contributed by atoms with Crippen molar-refractivity contribution < 1.29 is 9.18 Å². The van der Waals surface area contributed by atoms with Crippen LogP contribution in [0.3, 0.4) is 0 Å². The van der Waals surface area contributed by atoms with Crippen molar-refractivity contribution in [1.82, 2.24) is 29.4 Å². The van der Waals surface area contributed by atoms with E-state index in [1.54, 1.807) is 13.0 Å². The fourth-order valence-corrected chi connectivity index (χ4v) is 2.58. The highest BCUT2D eigenvalue weighted by atomic mass is 19.1. The molecule has 1 amide bonds. The summed E-state index contributed by atoms with van der Waals surface area (Å²) in [6.07, 6.45) is 2.73. The highest BCUT2D eigenvalue weighted by Gasteiger charge is 2.18. The van der Waals surface area contributed by atoms with Crippen LogP contribution in [0.2, 0.25) is 0 Å². The number of benzene rings is 1. The van der Waals surface area contributed by atoms with Gasteiger partial charge in [-0.05, 0) is 25.1 Å². The summed E-state index contributed by atoms with van der Waals surface area (Å²) in [5.41, 5.74) is -0.439. The minimum atomic E-state index is -0.756. The average Bonchev–Trinajstić information content (AvgIpc) is 3.12. The summed E-state index contributed by atoms with van der Waals surface area (Å²) in [5, 5.41) is 10.6. The van der Waals surface area contributed by atoms with Gasteiger partial charge in [0.2, 0.25) is 5.43 Å². The van der Waals surface area contributed by atoms with Crippen LogP contribution in [0, 0.1) is 12.7 Å². The smallest absolute Gasteiger partial charge is 0.281 e. The van der Waals surface area contributed by atoms with Gasteiger partial charge in [-0.3, -0.25) is 9.59 Å². The van der Waals surface area contributed by atoms with E-state index in [1.165, 1.54) is 52.1 Å². The van der Waals surface area contributed by atoms with E-state index in [1.807, 2.05) is 0 Å². The first-order valence-electron chi connectivity index (χ1n) is 7.86. The Kier molecular flexibility index (Phi) is 3.92. The SMILES string of the molecule is Cc1cc(=O)c(C(=O)Nc2ccnc3ncnn23)nn1-c1ccccc1F. The Balaban J connectivity index is 1.76. The third-order valence-electron chi connectivity index (χ3n) is 3.83. The number of fused-ring (bicyclic) bond motifs is 1. The number of nitrogens with one attached hydrogen (secondary N) is 1. The van der Waals surface area contributed by atoms with E-state index in [9.17, 15) is 14.0 Å². The summed E-state index contributed by atoms with van der Waals surface area (Å²) in [4.78, 5) is 32.8. The van der Waals surface area contributed by atoms with Crippen molar-refractivity contribution in [1.29, 1.82) is 0 Å². The van der Waals surface area contributed by atoms with Gasteiger partial charge in [-0.25, -0.2) is 14.1 Å². The number of aryl methyl sites for hydroxylation is 1. The number of carbonyl (C=O) groups excluding carboxylic acids is 1. The third-order valence-corrected chi connectivity index (χ3v) is 3.83. The lowest BCUT2D eigenvalue weighted by molar-refractivity contribution is 0.101. The largest absolute Gasteiger partial charge is 0.305 e. The van der Waals surface area contributed by atoms with Gasteiger partial charge in [-0.1, -0.05) is 12.1 Å². The second-order valence-electron chi connectivity index (χ2n) is 5.62. The molecule has 0 unspecified atom stereocenters. The highest BCUT2D eigenvalue weighted by Crippen LogP contribution is 2.13. The number of carbonyl (C=O) groups is 1. The van der Waals surface area contributed by atoms with Gasteiger partial charge in [0.05, 0.1) is 0 Å². The lowest BCUT2D eigenvalue weighted by Crippen LogP contribution is -2.27.